The number of hydrogen-bond acceptors (Lipinski definition) is 6. The van der Waals surface area contributed by atoms with Crippen molar-refractivity contribution in [2.45, 2.75) is 4.90 Å². The lowest BCUT2D eigenvalue weighted by atomic mass is 10.3. The highest BCUT2D eigenvalue weighted by Crippen LogP contribution is 2.30. The van der Waals surface area contributed by atoms with Gasteiger partial charge in [0.05, 0.1) is 18.2 Å². The summed E-state index contributed by atoms with van der Waals surface area (Å²) in [4.78, 5) is 7.98. The SMILES string of the molecule is COc1cccc(Oc2cncnc2NS(=O)(=O)c2ccccc2)c1. The van der Waals surface area contributed by atoms with Crippen LogP contribution in [0, 0.1) is 0 Å². The van der Waals surface area contributed by atoms with Crippen LogP contribution in [0.4, 0.5) is 5.82 Å². The lowest BCUT2D eigenvalue weighted by Crippen LogP contribution is -2.14. The van der Waals surface area contributed by atoms with Crippen LogP contribution in [-0.2, 0) is 10.0 Å². The van der Waals surface area contributed by atoms with E-state index in [-0.39, 0.29) is 16.5 Å². The summed E-state index contributed by atoms with van der Waals surface area (Å²) >= 11 is 0. The Kier molecular flexibility index (Phi) is 4.80. The van der Waals surface area contributed by atoms with E-state index in [2.05, 4.69) is 14.7 Å². The van der Waals surface area contributed by atoms with Gasteiger partial charge in [-0.15, -0.1) is 0 Å². The van der Waals surface area contributed by atoms with Crippen molar-refractivity contribution in [1.82, 2.24) is 9.97 Å². The van der Waals surface area contributed by atoms with Gasteiger partial charge in [0, 0.05) is 6.07 Å². The van der Waals surface area contributed by atoms with E-state index in [9.17, 15) is 8.42 Å². The van der Waals surface area contributed by atoms with Crippen LogP contribution in [0.15, 0.2) is 72.0 Å². The van der Waals surface area contributed by atoms with Crippen molar-refractivity contribution in [3.8, 4) is 17.2 Å². The molecular formula is C17H15N3O4S. The van der Waals surface area contributed by atoms with Gasteiger partial charge >= 0.3 is 0 Å². The molecule has 0 fully saturated rings. The maximum atomic E-state index is 12.5. The fraction of sp³-hybridized carbons (Fsp3) is 0.0588. The molecule has 128 valence electrons. The molecule has 25 heavy (non-hydrogen) atoms. The molecule has 2 aromatic carbocycles. The molecule has 3 aromatic rings. The van der Waals surface area contributed by atoms with Crippen LogP contribution in [0.5, 0.6) is 17.2 Å². The van der Waals surface area contributed by atoms with E-state index in [1.165, 1.54) is 24.7 Å². The zero-order chi connectivity index (χ0) is 17.7. The summed E-state index contributed by atoms with van der Waals surface area (Å²) in [7, 11) is -2.24. The maximum absolute atomic E-state index is 12.5. The zero-order valence-corrected chi connectivity index (χ0v) is 14.1. The second-order valence-electron chi connectivity index (χ2n) is 4.94. The van der Waals surface area contributed by atoms with E-state index in [1.807, 2.05) is 0 Å². The molecule has 0 amide bonds. The molecule has 3 rings (SSSR count). The number of rotatable bonds is 6. The minimum atomic E-state index is -3.79. The number of methoxy groups -OCH3 is 1. The Morgan fingerprint density at radius 1 is 1.00 bits per heavy atom. The van der Waals surface area contributed by atoms with Crippen molar-refractivity contribution in [3.63, 3.8) is 0 Å². The second-order valence-corrected chi connectivity index (χ2v) is 6.62. The van der Waals surface area contributed by atoms with Gasteiger partial charge in [0.25, 0.3) is 10.0 Å². The van der Waals surface area contributed by atoms with E-state index in [4.69, 9.17) is 9.47 Å². The summed E-state index contributed by atoms with van der Waals surface area (Å²) in [5.74, 6) is 1.30. The topological polar surface area (TPSA) is 90.4 Å². The Hall–Kier alpha value is -3.13. The van der Waals surface area contributed by atoms with Crippen molar-refractivity contribution >= 4 is 15.8 Å². The Bertz CT molecular complexity index is 962. The largest absolute Gasteiger partial charge is 0.497 e. The van der Waals surface area contributed by atoms with Crippen molar-refractivity contribution < 1.29 is 17.9 Å². The van der Waals surface area contributed by atoms with Gasteiger partial charge in [0.1, 0.15) is 17.8 Å². The molecule has 1 N–H and O–H groups in total. The van der Waals surface area contributed by atoms with E-state index in [0.717, 1.165) is 0 Å². The van der Waals surface area contributed by atoms with Gasteiger partial charge in [0.15, 0.2) is 11.6 Å². The van der Waals surface area contributed by atoms with Gasteiger partial charge in [0.2, 0.25) is 0 Å². The van der Waals surface area contributed by atoms with E-state index < -0.39 is 10.0 Å². The van der Waals surface area contributed by atoms with Crippen LogP contribution in [0.2, 0.25) is 0 Å². The number of benzene rings is 2. The molecule has 0 radical (unpaired) electrons. The molecule has 0 bridgehead atoms. The molecule has 0 saturated carbocycles. The van der Waals surface area contributed by atoms with Crippen LogP contribution < -0.4 is 14.2 Å². The smallest absolute Gasteiger partial charge is 0.263 e. The molecule has 1 heterocycles. The number of ether oxygens (including phenoxy) is 2. The van der Waals surface area contributed by atoms with Crippen LogP contribution in [0.25, 0.3) is 0 Å². The van der Waals surface area contributed by atoms with E-state index >= 15 is 0 Å². The van der Waals surface area contributed by atoms with Crippen LogP contribution >= 0.6 is 0 Å². The monoisotopic (exact) mass is 357 g/mol. The highest BCUT2D eigenvalue weighted by molar-refractivity contribution is 7.92. The summed E-state index contributed by atoms with van der Waals surface area (Å²) in [5.41, 5.74) is 0. The Labute approximate surface area is 145 Å². The summed E-state index contributed by atoms with van der Waals surface area (Å²) in [6.45, 7) is 0. The fourth-order valence-electron chi connectivity index (χ4n) is 2.05. The van der Waals surface area contributed by atoms with Crippen LogP contribution in [-0.4, -0.2) is 25.5 Å². The summed E-state index contributed by atoms with van der Waals surface area (Å²) in [5, 5.41) is 0. The predicted molar refractivity (Wildman–Crippen MR) is 92.4 cm³/mol. The van der Waals surface area contributed by atoms with Crippen molar-refractivity contribution in [3.05, 3.63) is 67.1 Å². The minimum absolute atomic E-state index is 0.0432. The molecule has 0 aliphatic heterocycles. The third-order valence-electron chi connectivity index (χ3n) is 3.23. The zero-order valence-electron chi connectivity index (χ0n) is 13.3. The molecule has 0 saturated heterocycles. The molecule has 8 heteroatoms. The number of anilines is 1. The molecule has 0 aliphatic carbocycles. The van der Waals surface area contributed by atoms with Crippen LogP contribution in [0.1, 0.15) is 0 Å². The fourth-order valence-corrected chi connectivity index (χ4v) is 3.09. The first-order valence-corrected chi connectivity index (χ1v) is 8.76. The number of sulfonamides is 1. The molecule has 0 atom stereocenters. The Balaban J connectivity index is 1.88. The lowest BCUT2D eigenvalue weighted by molar-refractivity contribution is 0.409. The minimum Gasteiger partial charge on any atom is -0.497 e. The van der Waals surface area contributed by atoms with Crippen molar-refractivity contribution in [2.24, 2.45) is 0 Å². The standard InChI is InChI=1S/C17H15N3O4S/c1-23-13-6-5-7-14(10-13)24-16-11-18-12-19-17(16)20-25(21,22)15-8-3-2-4-9-15/h2-12H,1H3,(H,18,19,20). The highest BCUT2D eigenvalue weighted by atomic mass is 32.2. The maximum Gasteiger partial charge on any atom is 0.263 e. The third-order valence-corrected chi connectivity index (χ3v) is 4.59. The summed E-state index contributed by atoms with van der Waals surface area (Å²) < 4.78 is 38.2. The van der Waals surface area contributed by atoms with Gasteiger partial charge in [-0.3, -0.25) is 4.72 Å². The first kappa shape index (κ1) is 16.7. The normalized spacial score (nSPS) is 10.9. The Morgan fingerprint density at radius 3 is 2.52 bits per heavy atom. The quantitative estimate of drug-likeness (QED) is 0.729. The lowest BCUT2D eigenvalue weighted by Gasteiger charge is -2.12. The van der Waals surface area contributed by atoms with Gasteiger partial charge in [-0.1, -0.05) is 24.3 Å². The molecule has 7 nitrogen and oxygen atoms in total. The summed E-state index contributed by atoms with van der Waals surface area (Å²) in [6, 6.07) is 14.9. The number of nitrogens with one attached hydrogen (secondary N) is 1. The predicted octanol–water partition coefficient (Wildman–Crippen LogP) is 3.08. The number of hydrogen-bond donors (Lipinski definition) is 1. The summed E-state index contributed by atoms with van der Waals surface area (Å²) in [6.07, 6.45) is 2.62. The van der Waals surface area contributed by atoms with E-state index in [1.54, 1.807) is 49.6 Å². The first-order valence-electron chi connectivity index (χ1n) is 7.28. The van der Waals surface area contributed by atoms with Crippen molar-refractivity contribution in [2.75, 3.05) is 11.8 Å². The molecule has 0 unspecified atom stereocenters. The highest BCUT2D eigenvalue weighted by Gasteiger charge is 2.17. The number of aromatic nitrogens is 2. The van der Waals surface area contributed by atoms with Crippen LogP contribution in [0.3, 0.4) is 0 Å². The molecule has 0 aliphatic rings. The van der Waals surface area contributed by atoms with Gasteiger partial charge in [-0.25, -0.2) is 18.4 Å². The average Bonchev–Trinajstić information content (AvgIpc) is 2.64. The van der Waals surface area contributed by atoms with Gasteiger partial charge in [-0.05, 0) is 24.3 Å². The number of nitrogens with zero attached hydrogens (tertiary/aromatic N) is 2. The second kappa shape index (κ2) is 7.18. The van der Waals surface area contributed by atoms with E-state index in [0.29, 0.717) is 11.5 Å². The molecule has 1 aromatic heterocycles. The average molecular weight is 357 g/mol. The third kappa shape index (κ3) is 4.04. The van der Waals surface area contributed by atoms with Crippen molar-refractivity contribution in [1.29, 1.82) is 0 Å². The first-order chi connectivity index (χ1) is 12.1. The Morgan fingerprint density at radius 2 is 1.76 bits per heavy atom. The molecular weight excluding hydrogens is 342 g/mol. The van der Waals surface area contributed by atoms with Gasteiger partial charge in [-0.2, -0.15) is 0 Å². The molecule has 0 spiro atoms. The van der Waals surface area contributed by atoms with Gasteiger partial charge < -0.3 is 9.47 Å².